The van der Waals surface area contributed by atoms with Gasteiger partial charge in [0.15, 0.2) is 0 Å². The highest BCUT2D eigenvalue weighted by Crippen LogP contribution is 2.33. The average Bonchev–Trinajstić information content (AvgIpc) is 2.63. The molecule has 0 aromatic carbocycles. The molecule has 3 nitrogen and oxygen atoms in total. The van der Waals surface area contributed by atoms with Crippen LogP contribution in [-0.2, 0) is 0 Å². The summed E-state index contributed by atoms with van der Waals surface area (Å²) < 4.78 is 2.38. The second-order valence-electron chi connectivity index (χ2n) is 3.03. The van der Waals surface area contributed by atoms with Gasteiger partial charge < -0.3 is 5.32 Å². The van der Waals surface area contributed by atoms with E-state index in [1.807, 2.05) is 0 Å². The number of rotatable bonds is 2. The van der Waals surface area contributed by atoms with Crippen molar-refractivity contribution in [3.63, 3.8) is 0 Å². The fraction of sp³-hybridized carbons (Fsp3) is 0. The fourth-order valence-electron chi connectivity index (χ4n) is 1.12. The number of nitrogens with one attached hydrogen (secondary N) is 1. The van der Waals surface area contributed by atoms with Crippen LogP contribution in [0.1, 0.15) is 9.67 Å². The fourth-order valence-corrected chi connectivity index (χ4v) is 3.40. The molecular weight excluding hydrogens is 436 g/mol. The Kier molecular flexibility index (Phi) is 4.35. The molecule has 0 atom stereocenters. The molecule has 88 valence electrons. The van der Waals surface area contributed by atoms with Crippen LogP contribution < -0.4 is 5.32 Å². The number of hydrogen-bond donors (Lipinski definition) is 1. The maximum absolute atomic E-state index is 11.9. The average molecular weight is 441 g/mol. The summed E-state index contributed by atoms with van der Waals surface area (Å²) in [5, 5.41) is 2.79. The van der Waals surface area contributed by atoms with Crippen LogP contribution in [0.2, 0.25) is 0 Å². The molecule has 7 heteroatoms. The van der Waals surface area contributed by atoms with Gasteiger partial charge in [0, 0.05) is 10.7 Å². The first kappa shape index (κ1) is 13.2. The summed E-state index contributed by atoms with van der Waals surface area (Å²) in [7, 11) is 0. The number of amides is 1. The topological polar surface area (TPSA) is 42.0 Å². The van der Waals surface area contributed by atoms with Crippen molar-refractivity contribution in [2.24, 2.45) is 0 Å². The van der Waals surface area contributed by atoms with Crippen LogP contribution in [0.3, 0.4) is 0 Å². The minimum absolute atomic E-state index is 0.157. The summed E-state index contributed by atoms with van der Waals surface area (Å²) in [6, 6.07) is 5.32. The molecule has 0 saturated carbocycles. The highest BCUT2D eigenvalue weighted by Gasteiger charge is 2.13. The molecule has 0 bridgehead atoms. The first-order chi connectivity index (χ1) is 8.08. The third-order valence-corrected chi connectivity index (χ3v) is 5.76. The quantitative estimate of drug-likeness (QED) is 0.689. The summed E-state index contributed by atoms with van der Waals surface area (Å²) in [6.45, 7) is 0. The van der Waals surface area contributed by atoms with E-state index >= 15 is 0 Å². The van der Waals surface area contributed by atoms with Crippen LogP contribution in [-0.4, -0.2) is 10.9 Å². The lowest BCUT2D eigenvalue weighted by Crippen LogP contribution is -2.10. The molecule has 0 fully saturated rings. The lowest BCUT2D eigenvalue weighted by molar-refractivity contribution is 0.103. The number of carbonyl (C=O) groups is 1. The number of pyridine rings is 1. The summed E-state index contributed by atoms with van der Waals surface area (Å²) >= 11 is 11.3. The number of nitrogens with zero attached hydrogens (tertiary/aromatic N) is 1. The van der Waals surface area contributed by atoms with Crippen molar-refractivity contribution in [1.82, 2.24) is 4.98 Å². The van der Waals surface area contributed by atoms with E-state index in [0.29, 0.717) is 15.2 Å². The summed E-state index contributed by atoms with van der Waals surface area (Å²) in [4.78, 5) is 16.6. The van der Waals surface area contributed by atoms with E-state index in [0.717, 1.165) is 8.26 Å². The molecule has 0 spiro atoms. The molecule has 2 aromatic rings. The molecule has 2 heterocycles. The molecule has 0 aliphatic carbocycles. The lowest BCUT2D eigenvalue weighted by Gasteiger charge is -2.04. The zero-order chi connectivity index (χ0) is 12.4. The summed E-state index contributed by atoms with van der Waals surface area (Å²) in [6.07, 6.45) is 1.65. The number of anilines is 1. The molecular formula is C10H5Br3N2OS. The second kappa shape index (κ2) is 5.60. The maximum atomic E-state index is 11.9. The summed E-state index contributed by atoms with van der Waals surface area (Å²) in [5.74, 6) is -0.157. The first-order valence-electron chi connectivity index (χ1n) is 4.44. The maximum Gasteiger partial charge on any atom is 0.265 e. The molecule has 0 aliphatic rings. The molecule has 0 unspecified atom stereocenters. The van der Waals surface area contributed by atoms with Gasteiger partial charge in [-0.1, -0.05) is 0 Å². The molecule has 2 aromatic heterocycles. The Bertz CT molecular complexity index is 551. The van der Waals surface area contributed by atoms with Crippen molar-refractivity contribution in [3.8, 4) is 0 Å². The van der Waals surface area contributed by atoms with E-state index in [1.54, 1.807) is 24.4 Å². The zero-order valence-corrected chi connectivity index (χ0v) is 13.8. The van der Waals surface area contributed by atoms with E-state index in [4.69, 9.17) is 0 Å². The molecule has 0 aliphatic heterocycles. The van der Waals surface area contributed by atoms with Gasteiger partial charge in [0.2, 0.25) is 0 Å². The van der Waals surface area contributed by atoms with Gasteiger partial charge in [0.25, 0.3) is 5.91 Å². The van der Waals surface area contributed by atoms with Gasteiger partial charge in [0.05, 0.1) is 14.4 Å². The Morgan fingerprint density at radius 2 is 2.12 bits per heavy atom. The van der Waals surface area contributed by atoms with Crippen LogP contribution in [0, 0.1) is 0 Å². The third-order valence-electron chi connectivity index (χ3n) is 1.88. The first-order valence-corrected chi connectivity index (χ1v) is 7.64. The van der Waals surface area contributed by atoms with Gasteiger partial charge in [-0.25, -0.2) is 4.98 Å². The van der Waals surface area contributed by atoms with Gasteiger partial charge >= 0.3 is 0 Å². The highest BCUT2D eigenvalue weighted by atomic mass is 79.9. The number of aromatic nitrogens is 1. The molecule has 1 amide bonds. The van der Waals surface area contributed by atoms with Crippen LogP contribution in [0.5, 0.6) is 0 Å². The smallest absolute Gasteiger partial charge is 0.265 e. The predicted octanol–water partition coefficient (Wildman–Crippen LogP) is 4.68. The zero-order valence-electron chi connectivity index (χ0n) is 8.21. The van der Waals surface area contributed by atoms with Gasteiger partial charge in [-0.05, 0) is 66.0 Å². The minimum Gasteiger partial charge on any atom is -0.319 e. The predicted molar refractivity (Wildman–Crippen MR) is 79.6 cm³/mol. The molecule has 0 radical (unpaired) electrons. The van der Waals surface area contributed by atoms with E-state index in [9.17, 15) is 4.79 Å². The SMILES string of the molecule is O=C(Nc1cccnc1Br)c1cc(Br)c(Br)s1. The monoisotopic (exact) mass is 438 g/mol. The van der Waals surface area contributed by atoms with Gasteiger partial charge in [-0.3, -0.25) is 4.79 Å². The number of carbonyl (C=O) groups excluding carboxylic acids is 1. The Morgan fingerprint density at radius 1 is 1.35 bits per heavy atom. The molecule has 1 N–H and O–H groups in total. The van der Waals surface area contributed by atoms with Crippen molar-refractivity contribution < 1.29 is 4.79 Å². The Balaban J connectivity index is 2.20. The minimum atomic E-state index is -0.157. The highest BCUT2D eigenvalue weighted by molar-refractivity contribution is 9.13. The van der Waals surface area contributed by atoms with Crippen LogP contribution >= 0.6 is 59.1 Å². The van der Waals surface area contributed by atoms with Gasteiger partial charge in [-0.15, -0.1) is 11.3 Å². The Labute approximate surface area is 127 Å². The molecule has 2 rings (SSSR count). The lowest BCUT2D eigenvalue weighted by atomic mass is 10.4. The van der Waals surface area contributed by atoms with Crippen LogP contribution in [0.25, 0.3) is 0 Å². The van der Waals surface area contributed by atoms with Gasteiger partial charge in [-0.2, -0.15) is 0 Å². The van der Waals surface area contributed by atoms with E-state index in [2.05, 4.69) is 58.1 Å². The Hall–Kier alpha value is -0.240. The Morgan fingerprint density at radius 3 is 2.71 bits per heavy atom. The second-order valence-corrected chi connectivity index (χ2v) is 7.00. The molecule has 0 saturated heterocycles. The van der Waals surface area contributed by atoms with Crippen LogP contribution in [0.15, 0.2) is 37.3 Å². The van der Waals surface area contributed by atoms with E-state index in [-0.39, 0.29) is 5.91 Å². The van der Waals surface area contributed by atoms with Crippen molar-refractivity contribution >= 4 is 70.7 Å². The number of hydrogen-bond acceptors (Lipinski definition) is 3. The van der Waals surface area contributed by atoms with Crippen molar-refractivity contribution in [1.29, 1.82) is 0 Å². The van der Waals surface area contributed by atoms with Crippen LogP contribution in [0.4, 0.5) is 5.69 Å². The molecule has 17 heavy (non-hydrogen) atoms. The van der Waals surface area contributed by atoms with Crippen molar-refractivity contribution in [2.75, 3.05) is 5.32 Å². The van der Waals surface area contributed by atoms with Crippen molar-refractivity contribution in [2.45, 2.75) is 0 Å². The normalized spacial score (nSPS) is 10.3. The van der Waals surface area contributed by atoms with Gasteiger partial charge in [0.1, 0.15) is 4.60 Å². The largest absolute Gasteiger partial charge is 0.319 e. The van der Waals surface area contributed by atoms with Crippen molar-refractivity contribution in [3.05, 3.63) is 42.1 Å². The summed E-state index contributed by atoms with van der Waals surface area (Å²) in [5.41, 5.74) is 0.651. The third kappa shape index (κ3) is 3.15. The van der Waals surface area contributed by atoms with E-state index in [1.165, 1.54) is 11.3 Å². The number of thiophene rings is 1. The standard InChI is InChI=1S/C10H5Br3N2OS/c11-5-4-7(17-9(5)13)10(16)15-6-2-1-3-14-8(6)12/h1-4H,(H,15,16). The number of halogens is 3. The van der Waals surface area contributed by atoms with E-state index < -0.39 is 0 Å².